The van der Waals surface area contributed by atoms with Gasteiger partial charge in [0.1, 0.15) is 0 Å². The lowest BCUT2D eigenvalue weighted by Gasteiger charge is -2.14. The lowest BCUT2D eigenvalue weighted by atomic mass is 10.1. The largest absolute Gasteiger partial charge is 0.270 e. The Kier molecular flexibility index (Phi) is 2.95. The van der Waals surface area contributed by atoms with Gasteiger partial charge in [0.15, 0.2) is 0 Å². The molecule has 0 radical (unpaired) electrons. The number of rotatable bonds is 2. The molecule has 2 amide bonds. The molecule has 0 unspecified atom stereocenters. The quantitative estimate of drug-likeness (QED) is 0.798. The van der Waals surface area contributed by atoms with Gasteiger partial charge >= 0.3 is 0 Å². The maximum Gasteiger partial charge on any atom is 0.261 e. The highest BCUT2D eigenvalue weighted by Crippen LogP contribution is 2.26. The van der Waals surface area contributed by atoms with Crippen LogP contribution in [0.2, 0.25) is 0 Å². The maximum atomic E-state index is 12.2. The molecule has 0 saturated carbocycles. The highest BCUT2D eigenvalue weighted by atomic mass is 79.9. The summed E-state index contributed by atoms with van der Waals surface area (Å²) in [5.41, 5.74) is 1.89. The molecule has 0 bridgehead atoms. The predicted molar refractivity (Wildman–Crippen MR) is 74.8 cm³/mol. The number of carbonyl (C=O) groups is 2. The Bertz CT molecular complexity index is 646. The van der Waals surface area contributed by atoms with Crippen molar-refractivity contribution >= 4 is 27.7 Å². The number of benzene rings is 2. The zero-order chi connectivity index (χ0) is 13.4. The van der Waals surface area contributed by atoms with Gasteiger partial charge in [0.2, 0.25) is 0 Å². The minimum Gasteiger partial charge on any atom is -0.270 e. The summed E-state index contributed by atoms with van der Waals surface area (Å²) in [6.07, 6.45) is 0. The fourth-order valence-corrected chi connectivity index (χ4v) is 2.59. The van der Waals surface area contributed by atoms with Crippen LogP contribution in [0.1, 0.15) is 26.3 Å². The van der Waals surface area contributed by atoms with Crippen LogP contribution in [0.25, 0.3) is 0 Å². The molecule has 0 atom stereocenters. The summed E-state index contributed by atoms with van der Waals surface area (Å²) in [4.78, 5) is 25.7. The number of hydrogen-bond donors (Lipinski definition) is 0. The number of imide groups is 1. The Morgan fingerprint density at radius 2 is 1.37 bits per heavy atom. The van der Waals surface area contributed by atoms with Gasteiger partial charge in [0.25, 0.3) is 11.8 Å². The Morgan fingerprint density at radius 1 is 0.842 bits per heavy atom. The molecule has 1 aliphatic heterocycles. The van der Waals surface area contributed by atoms with Crippen LogP contribution >= 0.6 is 15.9 Å². The number of carbonyl (C=O) groups excluding carboxylic acids is 2. The van der Waals surface area contributed by atoms with Crippen molar-refractivity contribution in [3.63, 3.8) is 0 Å². The van der Waals surface area contributed by atoms with Crippen molar-refractivity contribution in [3.05, 3.63) is 69.7 Å². The van der Waals surface area contributed by atoms with E-state index in [1.807, 2.05) is 24.3 Å². The standard InChI is InChI=1S/C15H10BrNO2/c16-13-8-4-1-5-10(13)9-17-14(18)11-6-2-3-7-12(11)15(17)19/h1-8H,9H2. The summed E-state index contributed by atoms with van der Waals surface area (Å²) in [6, 6.07) is 14.5. The minimum absolute atomic E-state index is 0.226. The van der Waals surface area contributed by atoms with Crippen LogP contribution < -0.4 is 0 Å². The van der Waals surface area contributed by atoms with Crippen LogP contribution in [0.5, 0.6) is 0 Å². The molecular weight excluding hydrogens is 306 g/mol. The Hall–Kier alpha value is -1.94. The monoisotopic (exact) mass is 315 g/mol. The van der Waals surface area contributed by atoms with E-state index in [4.69, 9.17) is 0 Å². The lowest BCUT2D eigenvalue weighted by Crippen LogP contribution is -2.29. The van der Waals surface area contributed by atoms with Crippen LogP contribution in [0, 0.1) is 0 Å². The van der Waals surface area contributed by atoms with Gasteiger partial charge in [-0.2, -0.15) is 0 Å². The highest BCUT2D eigenvalue weighted by Gasteiger charge is 2.35. The van der Waals surface area contributed by atoms with Crippen molar-refractivity contribution in [1.82, 2.24) is 4.90 Å². The van der Waals surface area contributed by atoms with Crippen molar-refractivity contribution in [1.29, 1.82) is 0 Å². The van der Waals surface area contributed by atoms with E-state index < -0.39 is 0 Å². The summed E-state index contributed by atoms with van der Waals surface area (Å²) in [5.74, 6) is -0.451. The van der Waals surface area contributed by atoms with Gasteiger partial charge < -0.3 is 0 Å². The van der Waals surface area contributed by atoms with E-state index in [1.165, 1.54) is 4.90 Å². The molecule has 3 nitrogen and oxygen atoms in total. The van der Waals surface area contributed by atoms with E-state index in [-0.39, 0.29) is 18.4 Å². The number of amides is 2. The number of nitrogens with zero attached hydrogens (tertiary/aromatic N) is 1. The van der Waals surface area contributed by atoms with Gasteiger partial charge in [-0.1, -0.05) is 46.3 Å². The van der Waals surface area contributed by atoms with Gasteiger partial charge in [-0.15, -0.1) is 0 Å². The van der Waals surface area contributed by atoms with Crippen LogP contribution in [0.3, 0.4) is 0 Å². The van der Waals surface area contributed by atoms with E-state index in [9.17, 15) is 9.59 Å². The first-order chi connectivity index (χ1) is 9.18. The number of hydrogen-bond acceptors (Lipinski definition) is 2. The minimum atomic E-state index is -0.226. The smallest absolute Gasteiger partial charge is 0.261 e. The predicted octanol–water partition coefficient (Wildman–Crippen LogP) is 3.25. The normalized spacial score (nSPS) is 13.8. The fraction of sp³-hybridized carbons (Fsp3) is 0.0667. The van der Waals surface area contributed by atoms with Gasteiger partial charge in [-0.25, -0.2) is 0 Å². The SMILES string of the molecule is O=C1c2ccccc2C(=O)N1Cc1ccccc1Br. The first-order valence-electron chi connectivity index (χ1n) is 5.87. The maximum absolute atomic E-state index is 12.2. The summed E-state index contributed by atoms with van der Waals surface area (Å²) in [7, 11) is 0. The van der Waals surface area contributed by atoms with Crippen LogP contribution in [-0.2, 0) is 6.54 Å². The summed E-state index contributed by atoms with van der Waals surface area (Å²) in [6.45, 7) is 0.285. The molecule has 0 N–H and O–H groups in total. The molecule has 2 aromatic carbocycles. The number of fused-ring (bicyclic) bond motifs is 1. The van der Waals surface area contributed by atoms with Crippen LogP contribution in [0.4, 0.5) is 0 Å². The van der Waals surface area contributed by atoms with Crippen molar-refractivity contribution in [2.75, 3.05) is 0 Å². The molecule has 3 rings (SSSR count). The van der Waals surface area contributed by atoms with Gasteiger partial charge in [0.05, 0.1) is 17.7 Å². The average Bonchev–Trinajstić information content (AvgIpc) is 2.67. The van der Waals surface area contributed by atoms with Crippen LogP contribution in [0.15, 0.2) is 53.0 Å². The average molecular weight is 316 g/mol. The lowest BCUT2D eigenvalue weighted by molar-refractivity contribution is 0.0642. The topological polar surface area (TPSA) is 37.4 Å². The van der Waals surface area contributed by atoms with Gasteiger partial charge in [0, 0.05) is 4.47 Å². The molecule has 2 aromatic rings. The van der Waals surface area contributed by atoms with Crippen molar-refractivity contribution < 1.29 is 9.59 Å². The molecule has 0 spiro atoms. The zero-order valence-corrected chi connectivity index (χ0v) is 11.6. The van der Waals surface area contributed by atoms with Crippen molar-refractivity contribution in [2.45, 2.75) is 6.54 Å². The van der Waals surface area contributed by atoms with Crippen LogP contribution in [-0.4, -0.2) is 16.7 Å². The third-order valence-electron chi connectivity index (χ3n) is 3.16. The van der Waals surface area contributed by atoms with Gasteiger partial charge in [-0.05, 0) is 23.8 Å². The van der Waals surface area contributed by atoms with Crippen molar-refractivity contribution in [3.8, 4) is 0 Å². The molecular formula is C15H10BrNO2. The second-order valence-corrected chi connectivity index (χ2v) is 5.19. The van der Waals surface area contributed by atoms with E-state index in [0.717, 1.165) is 10.0 Å². The Labute approximate surface area is 119 Å². The molecule has 0 aromatic heterocycles. The molecule has 4 heteroatoms. The second kappa shape index (κ2) is 4.63. The first-order valence-corrected chi connectivity index (χ1v) is 6.66. The van der Waals surface area contributed by atoms with E-state index >= 15 is 0 Å². The second-order valence-electron chi connectivity index (χ2n) is 4.33. The van der Waals surface area contributed by atoms with E-state index in [2.05, 4.69) is 15.9 Å². The molecule has 0 aliphatic carbocycles. The molecule has 1 aliphatic rings. The van der Waals surface area contributed by atoms with Gasteiger partial charge in [-0.3, -0.25) is 14.5 Å². The third kappa shape index (κ3) is 1.98. The molecule has 94 valence electrons. The first kappa shape index (κ1) is 12.1. The third-order valence-corrected chi connectivity index (χ3v) is 3.94. The molecule has 0 saturated heterocycles. The van der Waals surface area contributed by atoms with E-state index in [1.54, 1.807) is 24.3 Å². The molecule has 1 heterocycles. The zero-order valence-electron chi connectivity index (χ0n) is 9.97. The van der Waals surface area contributed by atoms with E-state index in [0.29, 0.717) is 11.1 Å². The highest BCUT2D eigenvalue weighted by molar-refractivity contribution is 9.10. The molecule has 19 heavy (non-hydrogen) atoms. The fourth-order valence-electron chi connectivity index (χ4n) is 2.18. The Balaban J connectivity index is 1.95. The Morgan fingerprint density at radius 3 is 1.95 bits per heavy atom. The number of halogens is 1. The summed E-state index contributed by atoms with van der Waals surface area (Å²) in [5, 5.41) is 0. The van der Waals surface area contributed by atoms with Crippen molar-refractivity contribution in [2.24, 2.45) is 0 Å². The summed E-state index contributed by atoms with van der Waals surface area (Å²) < 4.78 is 0.895. The summed E-state index contributed by atoms with van der Waals surface area (Å²) >= 11 is 3.43. The molecule has 0 fully saturated rings.